The lowest BCUT2D eigenvalue weighted by Gasteiger charge is -2.34. The van der Waals surface area contributed by atoms with E-state index in [-0.39, 0.29) is 22.8 Å². The summed E-state index contributed by atoms with van der Waals surface area (Å²) >= 11 is 0. The van der Waals surface area contributed by atoms with Crippen molar-refractivity contribution in [2.75, 3.05) is 24.6 Å². The Morgan fingerprint density at radius 3 is 2.27 bits per heavy atom. The highest BCUT2D eigenvalue weighted by Gasteiger charge is 2.34. The van der Waals surface area contributed by atoms with E-state index in [1.54, 1.807) is 42.5 Å². The van der Waals surface area contributed by atoms with Crippen molar-refractivity contribution < 1.29 is 22.7 Å². The highest BCUT2D eigenvalue weighted by atomic mass is 32.2. The molecule has 2 aromatic rings. The van der Waals surface area contributed by atoms with Gasteiger partial charge in [-0.25, -0.2) is 13.1 Å². The van der Waals surface area contributed by atoms with Crippen molar-refractivity contribution in [1.82, 2.24) is 10.0 Å². The van der Waals surface area contributed by atoms with Gasteiger partial charge in [-0.15, -0.1) is 0 Å². The number of amides is 2. The van der Waals surface area contributed by atoms with E-state index in [1.807, 2.05) is 19.9 Å². The molecule has 1 heterocycles. The standard InChI is InChI=1S/C24H31N3O5S/c1-18(2)23(24(29)25-16-20-12-9-15-32-20)27(19-10-5-3-6-11-19)22(28)17-26-33(30,31)21-13-7-4-8-14-21/h3-8,10-11,13-14,18,20,23,26H,9,12,15-17H2,1-2H3,(H,25,29). The Kier molecular flexibility index (Phi) is 8.60. The molecule has 1 saturated heterocycles. The van der Waals surface area contributed by atoms with Gasteiger partial charge in [-0.3, -0.25) is 14.5 Å². The van der Waals surface area contributed by atoms with Gasteiger partial charge in [0, 0.05) is 18.8 Å². The summed E-state index contributed by atoms with van der Waals surface area (Å²) in [5, 5.41) is 2.91. The summed E-state index contributed by atoms with van der Waals surface area (Å²) in [6.07, 6.45) is 1.82. The zero-order chi connectivity index (χ0) is 23.8. The normalized spacial score (nSPS) is 17.0. The fraction of sp³-hybridized carbons (Fsp3) is 0.417. The molecule has 2 aromatic carbocycles. The van der Waals surface area contributed by atoms with Gasteiger partial charge in [0.05, 0.1) is 17.5 Å². The fourth-order valence-electron chi connectivity index (χ4n) is 3.82. The second kappa shape index (κ2) is 11.4. The van der Waals surface area contributed by atoms with Gasteiger partial charge in [0.25, 0.3) is 0 Å². The van der Waals surface area contributed by atoms with Crippen LogP contribution in [0.15, 0.2) is 65.6 Å². The lowest BCUT2D eigenvalue weighted by atomic mass is 10.00. The molecule has 2 unspecified atom stereocenters. The van der Waals surface area contributed by atoms with E-state index < -0.39 is 28.5 Å². The second-order valence-electron chi connectivity index (χ2n) is 8.31. The van der Waals surface area contributed by atoms with Crippen LogP contribution in [0, 0.1) is 5.92 Å². The molecular weight excluding hydrogens is 442 g/mol. The summed E-state index contributed by atoms with van der Waals surface area (Å²) < 4.78 is 33.2. The Labute approximate surface area is 195 Å². The summed E-state index contributed by atoms with van der Waals surface area (Å²) in [5.74, 6) is -1.04. The summed E-state index contributed by atoms with van der Waals surface area (Å²) in [6, 6.07) is 15.8. The first-order chi connectivity index (χ1) is 15.8. The van der Waals surface area contributed by atoms with Crippen LogP contribution in [-0.2, 0) is 24.3 Å². The maximum atomic E-state index is 13.3. The minimum atomic E-state index is -3.87. The largest absolute Gasteiger partial charge is 0.376 e. The number of nitrogens with one attached hydrogen (secondary N) is 2. The molecule has 0 saturated carbocycles. The van der Waals surface area contributed by atoms with Crippen molar-refractivity contribution in [3.05, 3.63) is 60.7 Å². The van der Waals surface area contributed by atoms with E-state index in [0.29, 0.717) is 18.8 Å². The third kappa shape index (κ3) is 6.63. The van der Waals surface area contributed by atoms with Crippen molar-refractivity contribution in [2.24, 2.45) is 5.92 Å². The lowest BCUT2D eigenvalue weighted by Crippen LogP contribution is -2.55. The van der Waals surface area contributed by atoms with Crippen LogP contribution in [0.25, 0.3) is 0 Å². The first kappa shape index (κ1) is 24.9. The second-order valence-corrected chi connectivity index (χ2v) is 10.1. The van der Waals surface area contributed by atoms with Crippen molar-refractivity contribution >= 4 is 27.5 Å². The quantitative estimate of drug-likeness (QED) is 0.551. The van der Waals surface area contributed by atoms with Gasteiger partial charge in [0.1, 0.15) is 6.04 Å². The van der Waals surface area contributed by atoms with Gasteiger partial charge in [-0.1, -0.05) is 50.2 Å². The molecule has 0 radical (unpaired) electrons. The smallest absolute Gasteiger partial charge is 0.243 e. The predicted octanol–water partition coefficient (Wildman–Crippen LogP) is 2.32. The first-order valence-electron chi connectivity index (χ1n) is 11.1. The van der Waals surface area contributed by atoms with Gasteiger partial charge in [0.15, 0.2) is 0 Å². The van der Waals surface area contributed by atoms with Gasteiger partial charge in [-0.2, -0.15) is 0 Å². The van der Waals surface area contributed by atoms with Crippen LogP contribution in [0.4, 0.5) is 5.69 Å². The summed E-state index contributed by atoms with van der Waals surface area (Å²) in [5.41, 5.74) is 0.521. The van der Waals surface area contributed by atoms with Crippen molar-refractivity contribution in [3.8, 4) is 0 Å². The summed E-state index contributed by atoms with van der Waals surface area (Å²) in [7, 11) is -3.87. The van der Waals surface area contributed by atoms with Gasteiger partial charge >= 0.3 is 0 Å². The third-order valence-corrected chi connectivity index (χ3v) is 6.89. The molecule has 9 heteroatoms. The van der Waals surface area contributed by atoms with Crippen LogP contribution < -0.4 is 14.9 Å². The van der Waals surface area contributed by atoms with E-state index in [4.69, 9.17) is 4.74 Å². The number of carbonyl (C=O) groups excluding carboxylic acids is 2. The number of hydrogen-bond acceptors (Lipinski definition) is 5. The number of sulfonamides is 1. The molecule has 0 aliphatic carbocycles. The van der Waals surface area contributed by atoms with E-state index in [0.717, 1.165) is 12.8 Å². The Hall–Kier alpha value is -2.75. The van der Waals surface area contributed by atoms with Crippen LogP contribution in [0.2, 0.25) is 0 Å². The SMILES string of the molecule is CC(C)C(C(=O)NCC1CCCO1)N(C(=O)CNS(=O)(=O)c1ccccc1)c1ccccc1. The van der Waals surface area contributed by atoms with E-state index >= 15 is 0 Å². The average Bonchev–Trinajstić information content (AvgIpc) is 3.34. The molecule has 3 rings (SSSR count). The molecular formula is C24H31N3O5S. The van der Waals surface area contributed by atoms with Crippen molar-refractivity contribution in [3.63, 3.8) is 0 Å². The summed E-state index contributed by atoms with van der Waals surface area (Å²) in [4.78, 5) is 28.0. The monoisotopic (exact) mass is 473 g/mol. The van der Waals surface area contributed by atoms with Crippen molar-refractivity contribution in [2.45, 2.75) is 43.7 Å². The number of hydrogen-bond donors (Lipinski definition) is 2. The van der Waals surface area contributed by atoms with Crippen LogP contribution in [-0.4, -0.2) is 52.1 Å². The molecule has 1 fully saturated rings. The fourth-order valence-corrected chi connectivity index (χ4v) is 4.81. The highest BCUT2D eigenvalue weighted by Crippen LogP contribution is 2.22. The third-order valence-electron chi connectivity index (χ3n) is 5.48. The van der Waals surface area contributed by atoms with E-state index in [1.165, 1.54) is 17.0 Å². The number of rotatable bonds is 10. The molecule has 33 heavy (non-hydrogen) atoms. The van der Waals surface area contributed by atoms with E-state index in [2.05, 4.69) is 10.0 Å². The van der Waals surface area contributed by atoms with Gasteiger partial charge < -0.3 is 10.1 Å². The Bertz CT molecular complexity index is 1020. The van der Waals surface area contributed by atoms with E-state index in [9.17, 15) is 18.0 Å². The maximum Gasteiger partial charge on any atom is 0.243 e. The molecule has 2 N–H and O–H groups in total. The van der Waals surface area contributed by atoms with Crippen LogP contribution in [0.5, 0.6) is 0 Å². The molecule has 8 nitrogen and oxygen atoms in total. The molecule has 0 spiro atoms. The van der Waals surface area contributed by atoms with Gasteiger partial charge in [0.2, 0.25) is 21.8 Å². The van der Waals surface area contributed by atoms with Crippen molar-refractivity contribution in [1.29, 1.82) is 0 Å². The minimum Gasteiger partial charge on any atom is -0.376 e. The Balaban J connectivity index is 1.80. The predicted molar refractivity (Wildman–Crippen MR) is 126 cm³/mol. The number of nitrogens with zero attached hydrogens (tertiary/aromatic N) is 1. The lowest BCUT2D eigenvalue weighted by molar-refractivity contribution is -0.127. The number of anilines is 1. The summed E-state index contributed by atoms with van der Waals surface area (Å²) in [6.45, 7) is 4.29. The molecule has 2 amide bonds. The number of benzene rings is 2. The maximum absolute atomic E-state index is 13.3. The zero-order valence-corrected chi connectivity index (χ0v) is 19.8. The zero-order valence-electron chi connectivity index (χ0n) is 18.9. The Morgan fingerprint density at radius 1 is 1.06 bits per heavy atom. The van der Waals surface area contributed by atoms with Crippen LogP contribution in [0.1, 0.15) is 26.7 Å². The molecule has 2 atom stereocenters. The number of para-hydroxylation sites is 1. The van der Waals surface area contributed by atoms with Gasteiger partial charge in [-0.05, 0) is 43.0 Å². The average molecular weight is 474 g/mol. The number of carbonyl (C=O) groups is 2. The molecule has 0 aromatic heterocycles. The first-order valence-corrected chi connectivity index (χ1v) is 12.6. The molecule has 0 bridgehead atoms. The molecule has 178 valence electrons. The molecule has 1 aliphatic rings. The minimum absolute atomic E-state index is 0.0275. The number of ether oxygens (including phenoxy) is 1. The Morgan fingerprint density at radius 2 is 1.70 bits per heavy atom. The van der Waals surface area contributed by atoms with Crippen LogP contribution in [0.3, 0.4) is 0 Å². The topological polar surface area (TPSA) is 105 Å². The highest BCUT2D eigenvalue weighted by molar-refractivity contribution is 7.89. The molecule has 1 aliphatic heterocycles. The van der Waals surface area contributed by atoms with Crippen LogP contribution >= 0.6 is 0 Å².